The maximum atomic E-state index is 12.7. The Balaban J connectivity index is 1.71. The quantitative estimate of drug-likeness (QED) is 0.804. The molecule has 0 aliphatic carbocycles. The topological polar surface area (TPSA) is 50.4 Å². The summed E-state index contributed by atoms with van der Waals surface area (Å²) in [5, 5.41) is 6.28. The zero-order chi connectivity index (χ0) is 16.6. The van der Waals surface area contributed by atoms with E-state index in [1.54, 1.807) is 0 Å². The van der Waals surface area contributed by atoms with Crippen LogP contribution in [0.3, 0.4) is 0 Å². The van der Waals surface area contributed by atoms with Crippen LogP contribution in [0.4, 0.5) is 0 Å². The van der Waals surface area contributed by atoms with E-state index in [4.69, 9.17) is 4.74 Å². The highest BCUT2D eigenvalue weighted by atomic mass is 16.5. The first-order valence-corrected chi connectivity index (χ1v) is 8.26. The van der Waals surface area contributed by atoms with Crippen molar-refractivity contribution in [1.29, 1.82) is 0 Å². The molecule has 0 radical (unpaired) electrons. The largest absolute Gasteiger partial charge is 0.476 e. The summed E-state index contributed by atoms with van der Waals surface area (Å²) in [6.07, 6.45) is 2.45. The van der Waals surface area contributed by atoms with Crippen molar-refractivity contribution in [2.45, 2.75) is 12.5 Å². The fourth-order valence-electron chi connectivity index (χ4n) is 2.66. The highest BCUT2D eigenvalue weighted by molar-refractivity contribution is 5.82. The van der Waals surface area contributed by atoms with Crippen LogP contribution in [0.15, 0.2) is 72.3 Å². The molecule has 1 atom stereocenters. The molecule has 24 heavy (non-hydrogen) atoms. The number of hydrogen-bond acceptors (Lipinski definition) is 3. The molecule has 2 aromatic rings. The predicted octanol–water partition coefficient (Wildman–Crippen LogP) is 2.84. The number of para-hydroxylation sites is 1. The molecule has 124 valence electrons. The minimum Gasteiger partial charge on any atom is -0.476 e. The highest BCUT2D eigenvalue weighted by Crippen LogP contribution is 2.22. The average Bonchev–Trinajstić information content (AvgIpc) is 2.66. The van der Waals surface area contributed by atoms with Crippen molar-refractivity contribution in [3.05, 3.63) is 77.9 Å². The zero-order valence-corrected chi connectivity index (χ0v) is 13.6. The molecule has 0 saturated carbocycles. The molecule has 0 bridgehead atoms. The van der Waals surface area contributed by atoms with Gasteiger partial charge in [0, 0.05) is 18.7 Å². The summed E-state index contributed by atoms with van der Waals surface area (Å²) < 4.78 is 5.96. The minimum atomic E-state index is -0.657. The number of carbonyl (C=O) groups excluding carboxylic acids is 1. The SMILES string of the molecule is O=C(NCC1=CCNCC1)C(Oc1ccccc1)c1ccccc1. The van der Waals surface area contributed by atoms with Crippen LogP contribution in [0.1, 0.15) is 18.1 Å². The second-order valence-electron chi connectivity index (χ2n) is 5.76. The van der Waals surface area contributed by atoms with Crippen molar-refractivity contribution < 1.29 is 9.53 Å². The first kappa shape index (κ1) is 16.3. The molecular formula is C20H22N2O2. The van der Waals surface area contributed by atoms with E-state index < -0.39 is 6.10 Å². The van der Waals surface area contributed by atoms with Crippen LogP contribution in [0.5, 0.6) is 5.75 Å². The van der Waals surface area contributed by atoms with Gasteiger partial charge in [-0.05, 0) is 25.1 Å². The van der Waals surface area contributed by atoms with E-state index in [9.17, 15) is 4.79 Å². The summed E-state index contributed by atoms with van der Waals surface area (Å²) in [4.78, 5) is 12.7. The Morgan fingerprint density at radius 1 is 1.08 bits per heavy atom. The third-order valence-corrected chi connectivity index (χ3v) is 3.99. The zero-order valence-electron chi connectivity index (χ0n) is 13.6. The van der Waals surface area contributed by atoms with Gasteiger partial charge in [-0.3, -0.25) is 4.79 Å². The van der Waals surface area contributed by atoms with Gasteiger partial charge in [0.15, 0.2) is 0 Å². The van der Waals surface area contributed by atoms with Gasteiger partial charge in [0.1, 0.15) is 5.75 Å². The van der Waals surface area contributed by atoms with Gasteiger partial charge < -0.3 is 15.4 Å². The van der Waals surface area contributed by atoms with E-state index in [0.717, 1.165) is 25.1 Å². The van der Waals surface area contributed by atoms with Crippen molar-refractivity contribution >= 4 is 5.91 Å². The smallest absolute Gasteiger partial charge is 0.266 e. The Hall–Kier alpha value is -2.59. The number of ether oxygens (including phenoxy) is 1. The van der Waals surface area contributed by atoms with Gasteiger partial charge in [-0.2, -0.15) is 0 Å². The molecule has 4 nitrogen and oxygen atoms in total. The highest BCUT2D eigenvalue weighted by Gasteiger charge is 2.22. The fraction of sp³-hybridized carbons (Fsp3) is 0.250. The van der Waals surface area contributed by atoms with Gasteiger partial charge in [-0.1, -0.05) is 60.2 Å². The molecule has 1 aliphatic heterocycles. The molecule has 1 unspecified atom stereocenters. The summed E-state index contributed by atoms with van der Waals surface area (Å²) in [5.41, 5.74) is 2.10. The normalized spacial score (nSPS) is 15.2. The lowest BCUT2D eigenvalue weighted by molar-refractivity contribution is -0.128. The van der Waals surface area contributed by atoms with Gasteiger partial charge in [0.05, 0.1) is 0 Å². The summed E-state index contributed by atoms with van der Waals surface area (Å²) in [5.74, 6) is 0.562. The van der Waals surface area contributed by atoms with Crippen LogP contribution in [0.2, 0.25) is 0 Å². The van der Waals surface area contributed by atoms with Crippen LogP contribution < -0.4 is 15.4 Å². The summed E-state index contributed by atoms with van der Waals surface area (Å²) in [6.45, 7) is 2.40. The second kappa shape index (κ2) is 8.31. The molecule has 2 aromatic carbocycles. The number of rotatable bonds is 6. The molecule has 4 heteroatoms. The van der Waals surface area contributed by atoms with E-state index in [-0.39, 0.29) is 5.91 Å². The lowest BCUT2D eigenvalue weighted by Gasteiger charge is -2.20. The Labute approximate surface area is 142 Å². The average molecular weight is 322 g/mol. The molecule has 1 aliphatic rings. The molecule has 2 N–H and O–H groups in total. The van der Waals surface area contributed by atoms with Crippen molar-refractivity contribution in [2.24, 2.45) is 0 Å². The predicted molar refractivity (Wildman–Crippen MR) is 94.8 cm³/mol. The van der Waals surface area contributed by atoms with E-state index in [1.165, 1.54) is 5.57 Å². The molecule has 0 saturated heterocycles. The number of nitrogens with one attached hydrogen (secondary N) is 2. The molecule has 1 amide bonds. The van der Waals surface area contributed by atoms with E-state index in [0.29, 0.717) is 12.3 Å². The van der Waals surface area contributed by atoms with Gasteiger partial charge in [0.2, 0.25) is 6.10 Å². The summed E-state index contributed by atoms with van der Waals surface area (Å²) in [6, 6.07) is 19.0. The lowest BCUT2D eigenvalue weighted by Crippen LogP contribution is -2.35. The van der Waals surface area contributed by atoms with Crippen LogP contribution in [0, 0.1) is 0 Å². The maximum Gasteiger partial charge on any atom is 0.266 e. The van der Waals surface area contributed by atoms with Gasteiger partial charge in [-0.15, -0.1) is 0 Å². The van der Waals surface area contributed by atoms with Crippen molar-refractivity contribution in [3.8, 4) is 5.75 Å². The monoisotopic (exact) mass is 322 g/mol. The van der Waals surface area contributed by atoms with Crippen LogP contribution in [0.25, 0.3) is 0 Å². The standard InChI is InChI=1S/C20H22N2O2/c23-20(22-15-16-11-13-21-14-12-16)19(17-7-3-1-4-8-17)24-18-9-5-2-6-10-18/h1-11,19,21H,12-15H2,(H,22,23). The first-order valence-electron chi connectivity index (χ1n) is 8.26. The molecule has 0 spiro atoms. The lowest BCUT2D eigenvalue weighted by atomic mass is 10.1. The third-order valence-electron chi connectivity index (χ3n) is 3.99. The van der Waals surface area contributed by atoms with Gasteiger partial charge in [-0.25, -0.2) is 0 Å². The van der Waals surface area contributed by atoms with Crippen LogP contribution >= 0.6 is 0 Å². The molecule has 0 aromatic heterocycles. The Morgan fingerprint density at radius 3 is 2.46 bits per heavy atom. The minimum absolute atomic E-state index is 0.121. The molecular weight excluding hydrogens is 300 g/mol. The first-order chi connectivity index (χ1) is 11.8. The molecule has 1 heterocycles. The summed E-state index contributed by atoms with van der Waals surface area (Å²) in [7, 11) is 0. The molecule has 0 fully saturated rings. The number of carbonyl (C=O) groups is 1. The second-order valence-corrected chi connectivity index (χ2v) is 5.76. The van der Waals surface area contributed by atoms with Crippen molar-refractivity contribution in [2.75, 3.05) is 19.6 Å². The Morgan fingerprint density at radius 2 is 1.79 bits per heavy atom. The third kappa shape index (κ3) is 4.46. The molecule has 3 rings (SSSR count). The number of benzene rings is 2. The van der Waals surface area contributed by atoms with E-state index >= 15 is 0 Å². The maximum absolute atomic E-state index is 12.7. The van der Waals surface area contributed by atoms with E-state index in [1.807, 2.05) is 60.7 Å². The Bertz CT molecular complexity index is 683. The van der Waals surface area contributed by atoms with Crippen LogP contribution in [-0.4, -0.2) is 25.5 Å². The van der Waals surface area contributed by atoms with E-state index in [2.05, 4.69) is 16.7 Å². The number of amides is 1. The van der Waals surface area contributed by atoms with Crippen LogP contribution in [-0.2, 0) is 4.79 Å². The number of hydrogen-bond donors (Lipinski definition) is 2. The fourth-order valence-corrected chi connectivity index (χ4v) is 2.66. The Kier molecular flexibility index (Phi) is 5.64. The van der Waals surface area contributed by atoms with Crippen molar-refractivity contribution in [3.63, 3.8) is 0 Å². The van der Waals surface area contributed by atoms with Gasteiger partial charge in [0.25, 0.3) is 5.91 Å². The van der Waals surface area contributed by atoms with Crippen molar-refractivity contribution in [1.82, 2.24) is 10.6 Å². The summed E-state index contributed by atoms with van der Waals surface area (Å²) >= 11 is 0. The van der Waals surface area contributed by atoms with Gasteiger partial charge >= 0.3 is 0 Å².